The molecule has 2 aliphatic heterocycles. The van der Waals surface area contributed by atoms with Crippen LogP contribution < -0.4 is 5.32 Å². The van der Waals surface area contributed by atoms with Gasteiger partial charge in [-0.1, -0.05) is 0 Å². The van der Waals surface area contributed by atoms with E-state index in [1.165, 1.54) is 0 Å². The molecule has 28 heavy (non-hydrogen) atoms. The van der Waals surface area contributed by atoms with Crippen molar-refractivity contribution in [2.45, 2.75) is 62.2 Å². The highest BCUT2D eigenvalue weighted by atomic mass is 32.3. The number of aliphatic hydroxyl groups excluding tert-OH is 5. The van der Waals surface area contributed by atoms with Crippen molar-refractivity contribution in [1.29, 1.82) is 0 Å². The van der Waals surface area contributed by atoms with Gasteiger partial charge in [0, 0.05) is 6.92 Å². The van der Waals surface area contributed by atoms with E-state index in [4.69, 9.17) is 18.8 Å². The molecule has 3 unspecified atom stereocenters. The number of hydrogen-bond acceptors (Lipinski definition) is 12. The number of rotatable bonds is 6. The maximum absolute atomic E-state index is 11.4. The summed E-state index contributed by atoms with van der Waals surface area (Å²) < 4.78 is 49.7. The minimum Gasteiger partial charge on any atom is -0.388 e. The van der Waals surface area contributed by atoms with Crippen molar-refractivity contribution in [2.24, 2.45) is 0 Å². The van der Waals surface area contributed by atoms with Gasteiger partial charge >= 0.3 is 10.4 Å². The average Bonchev–Trinajstić information content (AvgIpc) is 2.58. The molecule has 0 aromatic heterocycles. The fourth-order valence-electron chi connectivity index (χ4n) is 2.83. The monoisotopic (exact) mass is 433 g/mol. The van der Waals surface area contributed by atoms with E-state index >= 15 is 0 Å². The van der Waals surface area contributed by atoms with Crippen LogP contribution in [0.5, 0.6) is 0 Å². The van der Waals surface area contributed by atoms with E-state index in [1.807, 2.05) is 0 Å². The second kappa shape index (κ2) is 9.23. The summed E-state index contributed by atoms with van der Waals surface area (Å²) in [6, 6.07) is -1.38. The quantitative estimate of drug-likeness (QED) is 0.196. The van der Waals surface area contributed by atoms with Crippen molar-refractivity contribution in [3.8, 4) is 0 Å². The normalized spacial score (nSPS) is 42.2. The molecule has 0 spiro atoms. The molecular weight excluding hydrogens is 410 g/mol. The highest BCUT2D eigenvalue weighted by molar-refractivity contribution is 7.80. The lowest BCUT2D eigenvalue weighted by Gasteiger charge is -2.45. The number of amides is 1. The Morgan fingerprint density at radius 2 is 1.79 bits per heavy atom. The number of carbonyl (C=O) groups excluding carboxylic acids is 1. The Balaban J connectivity index is 2.19. The van der Waals surface area contributed by atoms with E-state index in [0.29, 0.717) is 0 Å². The number of nitrogens with one attached hydrogen (secondary N) is 1. The van der Waals surface area contributed by atoms with Crippen LogP contribution in [0.1, 0.15) is 6.92 Å². The van der Waals surface area contributed by atoms with Gasteiger partial charge in [-0.15, -0.1) is 0 Å². The first kappa shape index (κ1) is 23.3. The molecule has 2 fully saturated rings. The molecule has 9 atom stereocenters. The molecule has 7 N–H and O–H groups in total. The van der Waals surface area contributed by atoms with Crippen molar-refractivity contribution < 1.29 is 61.7 Å². The van der Waals surface area contributed by atoms with Crippen LogP contribution in [0.15, 0.2) is 0 Å². The Morgan fingerprint density at radius 3 is 2.36 bits per heavy atom. The summed E-state index contributed by atoms with van der Waals surface area (Å²) in [4.78, 5) is 11.4. The van der Waals surface area contributed by atoms with E-state index in [2.05, 4.69) is 9.50 Å². The smallest absolute Gasteiger partial charge is 0.388 e. The minimum atomic E-state index is -4.87. The Hall–Kier alpha value is -0.980. The van der Waals surface area contributed by atoms with Crippen molar-refractivity contribution >= 4 is 16.3 Å². The highest BCUT2D eigenvalue weighted by Gasteiger charge is 2.49. The number of hydrogen-bond donors (Lipinski definition) is 7. The summed E-state index contributed by atoms with van der Waals surface area (Å²) in [7, 11) is -4.87. The lowest BCUT2D eigenvalue weighted by atomic mass is 9.96. The summed E-state index contributed by atoms with van der Waals surface area (Å²) in [5.74, 6) is -0.637. The number of aliphatic hydroxyl groups is 5. The highest BCUT2D eigenvalue weighted by Crippen LogP contribution is 2.27. The van der Waals surface area contributed by atoms with Crippen molar-refractivity contribution in [1.82, 2.24) is 5.32 Å². The van der Waals surface area contributed by atoms with Gasteiger partial charge in [0.1, 0.15) is 42.7 Å². The van der Waals surface area contributed by atoms with Gasteiger partial charge in [-0.05, 0) is 0 Å². The van der Waals surface area contributed by atoms with Gasteiger partial charge < -0.3 is 45.1 Å². The molecule has 0 aliphatic carbocycles. The minimum absolute atomic E-state index is 0.412. The predicted molar refractivity (Wildman–Crippen MR) is 84.6 cm³/mol. The standard InChI is InChI=1S/C13H23NO13S/c1-4(15)14-7-11(27-13-10(19)8(17)5(16)2-24-13)9(18)6(26-12(7)20)3-25-28(21,22)23/h5-13,16-20H,2-3H2,1H3,(H,14,15)(H,21,22,23)/t5-,6?,7?,8-,9-,10?,11+,12+,13-/m0/s1. The lowest BCUT2D eigenvalue weighted by Crippen LogP contribution is -2.67. The average molecular weight is 433 g/mol. The van der Waals surface area contributed by atoms with E-state index in [9.17, 15) is 38.7 Å². The van der Waals surface area contributed by atoms with Crippen LogP contribution >= 0.6 is 0 Å². The topological polar surface area (TPSA) is 222 Å². The van der Waals surface area contributed by atoms with Gasteiger partial charge in [0.25, 0.3) is 0 Å². The third-order valence-electron chi connectivity index (χ3n) is 4.19. The SMILES string of the molecule is CC(=O)NC1[C@H](O)OC(COS(=O)(=O)O)[C@H](O)[C@@H]1O[C@@H]1OC[C@H](O)[C@H](O)C1O. The molecule has 2 heterocycles. The summed E-state index contributed by atoms with van der Waals surface area (Å²) in [6.45, 7) is -0.209. The number of carbonyl (C=O) groups is 1. The first-order valence-corrected chi connectivity index (χ1v) is 9.49. The first-order valence-electron chi connectivity index (χ1n) is 8.12. The third-order valence-corrected chi connectivity index (χ3v) is 4.62. The van der Waals surface area contributed by atoms with Gasteiger partial charge in [0.05, 0.1) is 13.2 Å². The fourth-order valence-corrected chi connectivity index (χ4v) is 3.13. The van der Waals surface area contributed by atoms with E-state index in [0.717, 1.165) is 6.92 Å². The second-order valence-corrected chi connectivity index (χ2v) is 7.44. The van der Waals surface area contributed by atoms with Crippen LogP contribution in [0.2, 0.25) is 0 Å². The Morgan fingerprint density at radius 1 is 1.14 bits per heavy atom. The van der Waals surface area contributed by atoms with Gasteiger partial charge in [0.15, 0.2) is 12.6 Å². The summed E-state index contributed by atoms with van der Waals surface area (Å²) >= 11 is 0. The third kappa shape index (κ3) is 5.77. The molecule has 2 saturated heterocycles. The molecule has 2 aliphatic rings. The molecule has 14 nitrogen and oxygen atoms in total. The first-order chi connectivity index (χ1) is 12.9. The molecule has 1 amide bonds. The van der Waals surface area contributed by atoms with Crippen LogP contribution in [0.25, 0.3) is 0 Å². The zero-order valence-corrected chi connectivity index (χ0v) is 15.4. The van der Waals surface area contributed by atoms with Gasteiger partial charge in [-0.2, -0.15) is 8.42 Å². The largest absolute Gasteiger partial charge is 0.397 e. The van der Waals surface area contributed by atoms with Gasteiger partial charge in [-0.3, -0.25) is 9.35 Å². The van der Waals surface area contributed by atoms with Crippen LogP contribution in [0, 0.1) is 0 Å². The van der Waals surface area contributed by atoms with Crippen molar-refractivity contribution in [3.05, 3.63) is 0 Å². The number of ether oxygens (including phenoxy) is 3. The molecule has 0 bridgehead atoms. The Kier molecular flexibility index (Phi) is 7.68. The Labute approximate surface area is 159 Å². The van der Waals surface area contributed by atoms with E-state index in [1.54, 1.807) is 0 Å². The zero-order chi connectivity index (χ0) is 21.2. The molecule has 0 aromatic rings. The van der Waals surface area contributed by atoms with Crippen LogP contribution in [-0.4, -0.2) is 113 Å². The van der Waals surface area contributed by atoms with Gasteiger partial charge in [-0.25, -0.2) is 4.18 Å². The van der Waals surface area contributed by atoms with Crippen LogP contribution in [-0.2, 0) is 33.6 Å². The summed E-state index contributed by atoms with van der Waals surface area (Å²) in [6.07, 6.45) is -12.9. The van der Waals surface area contributed by atoms with Gasteiger partial charge in [0.2, 0.25) is 5.91 Å². The lowest BCUT2D eigenvalue weighted by molar-refractivity contribution is -0.324. The molecule has 0 saturated carbocycles. The molecule has 15 heteroatoms. The Bertz CT molecular complexity index is 644. The summed E-state index contributed by atoms with van der Waals surface area (Å²) in [5, 5.41) is 52.0. The second-order valence-electron chi connectivity index (χ2n) is 6.35. The molecule has 164 valence electrons. The summed E-state index contributed by atoms with van der Waals surface area (Å²) in [5.41, 5.74) is 0. The molecule has 0 aromatic carbocycles. The van der Waals surface area contributed by atoms with Crippen LogP contribution in [0.4, 0.5) is 0 Å². The van der Waals surface area contributed by atoms with Crippen molar-refractivity contribution in [3.63, 3.8) is 0 Å². The zero-order valence-electron chi connectivity index (χ0n) is 14.6. The molecule has 2 rings (SSSR count). The predicted octanol–water partition coefficient (Wildman–Crippen LogP) is -4.79. The maximum atomic E-state index is 11.4. The van der Waals surface area contributed by atoms with E-state index < -0.39 is 84.8 Å². The fraction of sp³-hybridized carbons (Fsp3) is 0.923. The maximum Gasteiger partial charge on any atom is 0.397 e. The molecular formula is C13H23NO13S. The van der Waals surface area contributed by atoms with Crippen LogP contribution in [0.3, 0.4) is 0 Å². The van der Waals surface area contributed by atoms with Crippen molar-refractivity contribution in [2.75, 3.05) is 13.2 Å². The molecule has 0 radical (unpaired) electrons. The van der Waals surface area contributed by atoms with E-state index in [-0.39, 0.29) is 0 Å².